The molecule has 2 rings (SSSR count). The summed E-state index contributed by atoms with van der Waals surface area (Å²) in [6, 6.07) is 0. The number of anilines is 2. The Labute approximate surface area is 116 Å². The van der Waals surface area contributed by atoms with Crippen molar-refractivity contribution in [3.63, 3.8) is 0 Å². The van der Waals surface area contributed by atoms with Crippen molar-refractivity contribution >= 4 is 28.8 Å². The zero-order chi connectivity index (χ0) is 14.5. The molecule has 20 heavy (non-hydrogen) atoms. The number of H-pyrrole nitrogens is 1. The van der Waals surface area contributed by atoms with E-state index in [-0.39, 0.29) is 12.5 Å². The highest BCUT2D eigenvalue weighted by Crippen LogP contribution is 2.17. The van der Waals surface area contributed by atoms with Crippen LogP contribution in [0.15, 0.2) is 6.33 Å². The molecule has 0 atom stereocenters. The molecule has 2 heterocycles. The van der Waals surface area contributed by atoms with E-state index in [0.717, 1.165) is 0 Å². The van der Waals surface area contributed by atoms with Gasteiger partial charge in [0.2, 0.25) is 11.9 Å². The number of carbonyl (C=O) groups is 1. The van der Waals surface area contributed by atoms with Gasteiger partial charge in [-0.1, -0.05) is 13.8 Å². The van der Waals surface area contributed by atoms with Gasteiger partial charge in [-0.15, -0.1) is 0 Å². The summed E-state index contributed by atoms with van der Waals surface area (Å²) >= 11 is 0. The van der Waals surface area contributed by atoms with E-state index in [9.17, 15) is 4.79 Å². The average Bonchev–Trinajstić information content (AvgIpc) is 2.90. The van der Waals surface area contributed by atoms with Crippen molar-refractivity contribution in [3.05, 3.63) is 6.33 Å². The summed E-state index contributed by atoms with van der Waals surface area (Å²) in [6.07, 6.45) is 1.54. The number of amides is 1. The average molecular weight is 277 g/mol. The minimum atomic E-state index is -0.0732. The predicted molar refractivity (Wildman–Crippen MR) is 77.6 cm³/mol. The van der Waals surface area contributed by atoms with Gasteiger partial charge in [-0.25, -0.2) is 4.98 Å². The summed E-state index contributed by atoms with van der Waals surface area (Å²) in [7, 11) is 1.73. The van der Waals surface area contributed by atoms with E-state index in [2.05, 4.69) is 35.9 Å². The molecule has 0 saturated heterocycles. The van der Waals surface area contributed by atoms with Gasteiger partial charge in [0.15, 0.2) is 11.5 Å². The van der Waals surface area contributed by atoms with Crippen LogP contribution in [0.3, 0.4) is 0 Å². The van der Waals surface area contributed by atoms with Crippen LogP contribution in [0, 0.1) is 5.92 Å². The van der Waals surface area contributed by atoms with Gasteiger partial charge in [0.05, 0.1) is 12.9 Å². The normalized spacial score (nSPS) is 10.8. The third kappa shape index (κ3) is 3.34. The number of carbonyl (C=O) groups excluding carboxylic acids is 1. The SMILES string of the molecule is CNc1nc(NCC(=O)NCC(C)C)c2[nH]cnc2n1. The number of aromatic amines is 1. The first-order valence-electron chi connectivity index (χ1n) is 6.49. The van der Waals surface area contributed by atoms with Gasteiger partial charge in [-0.3, -0.25) is 4.79 Å². The number of rotatable bonds is 6. The van der Waals surface area contributed by atoms with Gasteiger partial charge in [0, 0.05) is 13.6 Å². The van der Waals surface area contributed by atoms with E-state index in [0.29, 0.717) is 35.4 Å². The lowest BCUT2D eigenvalue weighted by molar-refractivity contribution is -0.119. The molecule has 2 aromatic heterocycles. The molecule has 0 unspecified atom stereocenters. The maximum absolute atomic E-state index is 11.7. The summed E-state index contributed by atoms with van der Waals surface area (Å²) in [6.45, 7) is 4.91. The Morgan fingerprint density at radius 3 is 2.90 bits per heavy atom. The first-order valence-corrected chi connectivity index (χ1v) is 6.49. The molecule has 0 saturated carbocycles. The highest BCUT2D eigenvalue weighted by Gasteiger charge is 2.10. The smallest absolute Gasteiger partial charge is 0.239 e. The summed E-state index contributed by atoms with van der Waals surface area (Å²) < 4.78 is 0. The van der Waals surface area contributed by atoms with E-state index < -0.39 is 0 Å². The van der Waals surface area contributed by atoms with Crippen LogP contribution in [-0.2, 0) is 4.79 Å². The quantitative estimate of drug-likeness (QED) is 0.615. The van der Waals surface area contributed by atoms with Gasteiger partial charge in [0.1, 0.15) is 5.52 Å². The zero-order valence-corrected chi connectivity index (χ0v) is 11.8. The number of nitrogens with one attached hydrogen (secondary N) is 4. The topological polar surface area (TPSA) is 108 Å². The number of fused-ring (bicyclic) bond motifs is 1. The fourth-order valence-corrected chi connectivity index (χ4v) is 1.62. The van der Waals surface area contributed by atoms with Gasteiger partial charge in [-0.2, -0.15) is 9.97 Å². The van der Waals surface area contributed by atoms with E-state index in [1.165, 1.54) is 0 Å². The summed E-state index contributed by atoms with van der Waals surface area (Å²) in [5.74, 6) is 1.36. The van der Waals surface area contributed by atoms with Crippen molar-refractivity contribution in [1.82, 2.24) is 25.3 Å². The molecule has 0 radical (unpaired) electrons. The Hall–Kier alpha value is -2.38. The molecule has 108 valence electrons. The fraction of sp³-hybridized carbons (Fsp3) is 0.500. The predicted octanol–water partition coefficient (Wildman–Crippen LogP) is 0.579. The van der Waals surface area contributed by atoms with Crippen molar-refractivity contribution < 1.29 is 4.79 Å². The van der Waals surface area contributed by atoms with Crippen LogP contribution in [0.25, 0.3) is 11.2 Å². The molecule has 2 aromatic rings. The van der Waals surface area contributed by atoms with Gasteiger partial charge < -0.3 is 20.9 Å². The molecule has 0 fully saturated rings. The van der Waals surface area contributed by atoms with Gasteiger partial charge >= 0.3 is 0 Å². The monoisotopic (exact) mass is 277 g/mol. The lowest BCUT2D eigenvalue weighted by atomic mass is 10.2. The third-order valence-corrected chi connectivity index (χ3v) is 2.63. The second-order valence-corrected chi connectivity index (χ2v) is 4.80. The second-order valence-electron chi connectivity index (χ2n) is 4.80. The number of hydrogen-bond acceptors (Lipinski definition) is 6. The highest BCUT2D eigenvalue weighted by atomic mass is 16.1. The highest BCUT2D eigenvalue weighted by molar-refractivity contribution is 5.87. The van der Waals surface area contributed by atoms with Crippen LogP contribution in [0.1, 0.15) is 13.8 Å². The van der Waals surface area contributed by atoms with Crippen molar-refractivity contribution in [2.24, 2.45) is 5.92 Å². The van der Waals surface area contributed by atoms with Crippen LogP contribution in [0.2, 0.25) is 0 Å². The molecular formula is C12H19N7O. The maximum Gasteiger partial charge on any atom is 0.239 e. The summed E-state index contributed by atoms with van der Waals surface area (Å²) in [5, 5.41) is 8.69. The molecule has 8 heteroatoms. The molecule has 4 N–H and O–H groups in total. The van der Waals surface area contributed by atoms with Crippen LogP contribution < -0.4 is 16.0 Å². The molecule has 8 nitrogen and oxygen atoms in total. The first kappa shape index (κ1) is 14.0. The van der Waals surface area contributed by atoms with Gasteiger partial charge in [-0.05, 0) is 5.92 Å². The minimum Gasteiger partial charge on any atom is -0.359 e. The van der Waals surface area contributed by atoms with Crippen molar-refractivity contribution in [2.75, 3.05) is 30.8 Å². The Morgan fingerprint density at radius 2 is 2.20 bits per heavy atom. The van der Waals surface area contributed by atoms with Crippen LogP contribution in [-0.4, -0.2) is 46.0 Å². The number of hydrogen-bond donors (Lipinski definition) is 4. The molecule has 0 aromatic carbocycles. The lowest BCUT2D eigenvalue weighted by Crippen LogP contribution is -2.32. The molecule has 0 aliphatic heterocycles. The molecule has 0 bridgehead atoms. The van der Waals surface area contributed by atoms with Crippen LogP contribution >= 0.6 is 0 Å². The fourth-order valence-electron chi connectivity index (χ4n) is 1.62. The molecular weight excluding hydrogens is 258 g/mol. The summed E-state index contributed by atoms with van der Waals surface area (Å²) in [5.41, 5.74) is 1.23. The maximum atomic E-state index is 11.7. The van der Waals surface area contributed by atoms with E-state index in [1.807, 2.05) is 13.8 Å². The first-order chi connectivity index (χ1) is 9.60. The van der Waals surface area contributed by atoms with E-state index in [1.54, 1.807) is 13.4 Å². The summed E-state index contributed by atoms with van der Waals surface area (Å²) in [4.78, 5) is 27.2. The molecule has 0 aliphatic carbocycles. The second kappa shape index (κ2) is 6.18. The molecule has 0 spiro atoms. The third-order valence-electron chi connectivity index (χ3n) is 2.63. The molecule has 1 amide bonds. The number of aromatic nitrogens is 4. The van der Waals surface area contributed by atoms with Crippen LogP contribution in [0.5, 0.6) is 0 Å². The Bertz CT molecular complexity index is 593. The number of nitrogens with zero attached hydrogens (tertiary/aromatic N) is 3. The Kier molecular flexibility index (Phi) is 4.34. The van der Waals surface area contributed by atoms with Crippen LogP contribution in [0.4, 0.5) is 11.8 Å². The van der Waals surface area contributed by atoms with Crippen molar-refractivity contribution in [1.29, 1.82) is 0 Å². The van der Waals surface area contributed by atoms with Gasteiger partial charge in [0.25, 0.3) is 0 Å². The Morgan fingerprint density at radius 1 is 1.40 bits per heavy atom. The van der Waals surface area contributed by atoms with Crippen molar-refractivity contribution in [3.8, 4) is 0 Å². The standard InChI is InChI=1S/C12H19N7O/c1-7(2)4-14-8(20)5-15-10-9-11(17-6-16-9)19-12(13-3)18-10/h6-7H,4-5H2,1-3H3,(H,14,20)(H3,13,15,16,17,18,19). The number of imidazole rings is 1. The molecule has 0 aliphatic rings. The zero-order valence-electron chi connectivity index (χ0n) is 11.8. The largest absolute Gasteiger partial charge is 0.359 e. The van der Waals surface area contributed by atoms with E-state index >= 15 is 0 Å². The minimum absolute atomic E-state index is 0.0732. The van der Waals surface area contributed by atoms with E-state index in [4.69, 9.17) is 0 Å². The van der Waals surface area contributed by atoms with Crippen molar-refractivity contribution in [2.45, 2.75) is 13.8 Å². The lowest BCUT2D eigenvalue weighted by Gasteiger charge is -2.10. The Balaban J connectivity index is 2.05.